The quantitative estimate of drug-likeness (QED) is 0.100. The van der Waals surface area contributed by atoms with Crippen LogP contribution in [0.4, 0.5) is 11.4 Å². The summed E-state index contributed by atoms with van der Waals surface area (Å²) in [6.45, 7) is 16.2. The van der Waals surface area contributed by atoms with Gasteiger partial charge >= 0.3 is 0 Å². The van der Waals surface area contributed by atoms with E-state index in [4.69, 9.17) is 13.1 Å². The molecule has 4 heterocycles. The molecule has 0 aliphatic carbocycles. The summed E-state index contributed by atoms with van der Waals surface area (Å²) in [7, 11) is 0. The lowest BCUT2D eigenvalue weighted by molar-refractivity contribution is 1.49. The normalized spacial score (nSPS) is 12.5. The number of benzene rings is 12. The van der Waals surface area contributed by atoms with Crippen LogP contribution in [0.5, 0.6) is 0 Å². The number of fused-ring (bicyclic) bond motifs is 10. The Morgan fingerprint density at radius 1 is 0.311 bits per heavy atom. The van der Waals surface area contributed by atoms with Gasteiger partial charge in [0, 0.05) is 0 Å². The Kier molecular flexibility index (Phi) is 8.03. The van der Waals surface area contributed by atoms with E-state index in [-0.39, 0.29) is 13.4 Å². The molecule has 0 radical (unpaired) electrons. The molecular formula is C68H32B2N4. The fourth-order valence-electron chi connectivity index (χ4n) is 13.9. The van der Waals surface area contributed by atoms with Gasteiger partial charge in [0.15, 0.2) is 11.4 Å². The van der Waals surface area contributed by atoms with Crippen LogP contribution in [0.3, 0.4) is 0 Å². The van der Waals surface area contributed by atoms with Crippen LogP contribution in [0.25, 0.3) is 131 Å². The fourth-order valence-corrected chi connectivity index (χ4v) is 13.9. The second kappa shape index (κ2) is 14.7. The summed E-state index contributed by atoms with van der Waals surface area (Å²) in [6, 6.07) is 74.1. The molecular weight excluding hydrogens is 894 g/mol. The number of hydrogen-bond acceptors (Lipinski definition) is 2. The molecule has 0 unspecified atom stereocenters. The Morgan fingerprint density at radius 3 is 1.24 bits per heavy atom. The van der Waals surface area contributed by atoms with Crippen molar-refractivity contribution in [1.29, 1.82) is 10.5 Å². The molecule has 0 N–H and O–H groups in total. The number of nitriles is 2. The van der Waals surface area contributed by atoms with Crippen molar-refractivity contribution in [3.05, 3.63) is 228 Å². The van der Waals surface area contributed by atoms with E-state index in [1.165, 1.54) is 43.4 Å². The highest BCUT2D eigenvalue weighted by Crippen LogP contribution is 2.53. The second-order valence-corrected chi connectivity index (χ2v) is 20.1. The van der Waals surface area contributed by atoms with Crippen LogP contribution in [0.15, 0.2) is 194 Å². The zero-order valence-corrected chi connectivity index (χ0v) is 39.4. The SMILES string of the molecule is [C-]#[N+]c1ccc2c(c1)-c1cc(C#N)cc3c1B2c1cc2c(-c4ccccc4-c4ccccc4)cc4c5c(cc6c(-c7ccccc7-c7ccccc7)cc-3c1c6c25)B1c2ccc(C#N)cc2-c2cc([N+]#[C-])cc-4c21. The van der Waals surface area contributed by atoms with Gasteiger partial charge in [0.2, 0.25) is 13.4 Å². The molecule has 12 aromatic rings. The highest BCUT2D eigenvalue weighted by molar-refractivity contribution is 7.03. The standard InChI is InChI=1S/C68H32B2N4/c1-73-41-22-24-60-50(28-41)55-26-38(36-72)27-56-51-31-47(45-19-11-9-17-43(45)39-13-5-3-6-14-39)53-34-62-64-52(58-30-42(74-2)29-57-49-25-37(35-71)21-23-59(49)69(62)68(57)58)32-48(46-20-12-10-18-44(46)40-15-7-4-8-16-40)54-33-61(70(60)67(55)56)63(51)65(53)66(54)64/h3-34H. The first-order chi connectivity index (χ1) is 36.5. The molecule has 0 saturated heterocycles. The molecule has 0 spiro atoms. The Bertz CT molecular complexity index is 4470. The average molecular weight is 927 g/mol. The molecule has 0 aromatic heterocycles. The number of nitrogens with zero attached hydrogens (tertiary/aromatic N) is 4. The molecule has 0 saturated carbocycles. The van der Waals surface area contributed by atoms with Gasteiger partial charge in [0.25, 0.3) is 0 Å². The van der Waals surface area contributed by atoms with Gasteiger partial charge in [0.1, 0.15) is 0 Å². The number of rotatable bonds is 4. The predicted octanol–water partition coefficient (Wildman–Crippen LogP) is 13.1. The van der Waals surface area contributed by atoms with Gasteiger partial charge in [-0.25, -0.2) is 9.69 Å². The van der Waals surface area contributed by atoms with Gasteiger partial charge in [-0.1, -0.05) is 172 Å². The zero-order chi connectivity index (χ0) is 49.1. The minimum Gasteiger partial charge on any atom is -0.238 e. The lowest BCUT2D eigenvalue weighted by Gasteiger charge is -2.33. The molecule has 330 valence electrons. The summed E-state index contributed by atoms with van der Waals surface area (Å²) in [5, 5.41) is 28.1. The van der Waals surface area contributed by atoms with Crippen LogP contribution < -0.4 is 32.8 Å². The van der Waals surface area contributed by atoms with E-state index in [0.717, 1.165) is 111 Å². The maximum Gasteiger partial charge on any atom is 0.244 e. The Balaban J connectivity index is 1.16. The van der Waals surface area contributed by atoms with Crippen LogP contribution in [-0.2, 0) is 0 Å². The van der Waals surface area contributed by atoms with Gasteiger partial charge in [-0.05, 0) is 176 Å². The highest BCUT2D eigenvalue weighted by atomic mass is 14.6. The summed E-state index contributed by atoms with van der Waals surface area (Å²) in [5.41, 5.74) is 26.6. The Hall–Kier alpha value is -10.2. The van der Waals surface area contributed by atoms with Crippen molar-refractivity contribution in [2.75, 3.05) is 0 Å². The monoisotopic (exact) mass is 926 g/mol. The van der Waals surface area contributed by atoms with Gasteiger partial charge in [0.05, 0.1) is 36.4 Å². The van der Waals surface area contributed by atoms with E-state index in [9.17, 15) is 10.5 Å². The summed E-state index contributed by atoms with van der Waals surface area (Å²) < 4.78 is 0. The van der Waals surface area contributed by atoms with Gasteiger partial charge < -0.3 is 0 Å². The first kappa shape index (κ1) is 40.5. The molecule has 4 nitrogen and oxygen atoms in total. The molecule has 4 aliphatic heterocycles. The van der Waals surface area contributed by atoms with Gasteiger partial charge in [-0.15, -0.1) is 0 Å². The minimum absolute atomic E-state index is 0.158. The summed E-state index contributed by atoms with van der Waals surface area (Å²) in [5.74, 6) is 0. The largest absolute Gasteiger partial charge is 0.244 e. The molecule has 0 amide bonds. The third kappa shape index (κ3) is 5.18. The summed E-state index contributed by atoms with van der Waals surface area (Å²) in [6.07, 6.45) is 0. The average Bonchev–Trinajstić information content (AvgIpc) is 3.98. The van der Waals surface area contributed by atoms with Gasteiger partial charge in [-0.2, -0.15) is 10.5 Å². The smallest absolute Gasteiger partial charge is 0.238 e. The summed E-state index contributed by atoms with van der Waals surface area (Å²) in [4.78, 5) is 8.01. The second-order valence-electron chi connectivity index (χ2n) is 20.1. The highest BCUT2D eigenvalue weighted by Gasteiger charge is 2.45. The van der Waals surface area contributed by atoms with E-state index < -0.39 is 0 Å². The molecule has 0 atom stereocenters. The first-order valence-electron chi connectivity index (χ1n) is 24.9. The van der Waals surface area contributed by atoms with Crippen molar-refractivity contribution in [1.82, 2.24) is 0 Å². The zero-order valence-electron chi connectivity index (χ0n) is 39.4. The van der Waals surface area contributed by atoms with E-state index in [0.29, 0.717) is 22.5 Å². The topological polar surface area (TPSA) is 56.3 Å². The lowest BCUT2D eigenvalue weighted by Crippen LogP contribution is -2.53. The molecule has 12 aromatic carbocycles. The third-order valence-electron chi connectivity index (χ3n) is 16.7. The molecule has 16 rings (SSSR count). The molecule has 0 fully saturated rings. The van der Waals surface area contributed by atoms with Crippen molar-refractivity contribution >= 4 is 89.9 Å². The van der Waals surface area contributed by atoms with Crippen molar-refractivity contribution in [2.24, 2.45) is 0 Å². The first-order valence-corrected chi connectivity index (χ1v) is 24.9. The van der Waals surface area contributed by atoms with E-state index in [2.05, 4.69) is 180 Å². The van der Waals surface area contributed by atoms with Crippen LogP contribution >= 0.6 is 0 Å². The van der Waals surface area contributed by atoms with Crippen LogP contribution in [0, 0.1) is 35.8 Å². The Labute approximate surface area is 427 Å². The maximum atomic E-state index is 10.8. The van der Waals surface area contributed by atoms with E-state index in [1.54, 1.807) is 0 Å². The van der Waals surface area contributed by atoms with Crippen LogP contribution in [0.1, 0.15) is 11.1 Å². The third-order valence-corrected chi connectivity index (χ3v) is 16.7. The molecule has 0 bridgehead atoms. The van der Waals surface area contributed by atoms with Crippen molar-refractivity contribution < 1.29 is 0 Å². The van der Waals surface area contributed by atoms with Crippen molar-refractivity contribution in [3.63, 3.8) is 0 Å². The van der Waals surface area contributed by atoms with E-state index in [1.807, 2.05) is 36.4 Å². The fraction of sp³-hybridized carbons (Fsp3) is 0. The van der Waals surface area contributed by atoms with Crippen LogP contribution in [-0.4, -0.2) is 13.4 Å². The van der Waals surface area contributed by atoms with Crippen molar-refractivity contribution in [2.45, 2.75) is 0 Å². The van der Waals surface area contributed by atoms with Gasteiger partial charge in [-0.3, -0.25) is 0 Å². The van der Waals surface area contributed by atoms with E-state index >= 15 is 0 Å². The summed E-state index contributed by atoms with van der Waals surface area (Å²) >= 11 is 0. The molecule has 6 heteroatoms. The predicted molar refractivity (Wildman–Crippen MR) is 305 cm³/mol. The minimum atomic E-state index is -0.159. The Morgan fingerprint density at radius 2 is 0.730 bits per heavy atom. The lowest BCUT2D eigenvalue weighted by atomic mass is 9.34. The maximum absolute atomic E-state index is 10.8. The van der Waals surface area contributed by atoms with Crippen LogP contribution in [0.2, 0.25) is 0 Å². The number of hydrogen-bond donors (Lipinski definition) is 0. The molecule has 74 heavy (non-hydrogen) atoms. The van der Waals surface area contributed by atoms with Crippen molar-refractivity contribution in [3.8, 4) is 101 Å². The molecule has 4 aliphatic rings.